The van der Waals surface area contributed by atoms with Crippen molar-refractivity contribution in [1.29, 1.82) is 0 Å². The molecular formula is C24H26Cl2N4O. The van der Waals surface area contributed by atoms with Gasteiger partial charge in [-0.15, -0.1) is 0 Å². The number of halogens is 2. The predicted molar refractivity (Wildman–Crippen MR) is 128 cm³/mol. The molecule has 1 aliphatic carbocycles. The van der Waals surface area contributed by atoms with Crippen molar-refractivity contribution in [2.75, 3.05) is 24.3 Å². The Kier molecular flexibility index (Phi) is 6.65. The lowest BCUT2D eigenvalue weighted by Crippen LogP contribution is -2.26. The summed E-state index contributed by atoms with van der Waals surface area (Å²) < 4.78 is 6.06. The van der Waals surface area contributed by atoms with Crippen LogP contribution in [0.15, 0.2) is 42.5 Å². The van der Waals surface area contributed by atoms with E-state index >= 15 is 0 Å². The molecule has 2 N–H and O–H groups in total. The van der Waals surface area contributed by atoms with E-state index in [9.17, 15) is 0 Å². The Morgan fingerprint density at radius 1 is 1.06 bits per heavy atom. The average Bonchev–Trinajstić information content (AvgIpc) is 3.11. The zero-order valence-electron chi connectivity index (χ0n) is 17.9. The van der Waals surface area contributed by atoms with Gasteiger partial charge < -0.3 is 15.4 Å². The van der Waals surface area contributed by atoms with Crippen molar-refractivity contribution in [3.63, 3.8) is 0 Å². The van der Waals surface area contributed by atoms with Crippen molar-refractivity contribution in [3.8, 4) is 11.3 Å². The van der Waals surface area contributed by atoms with E-state index in [0.29, 0.717) is 28.2 Å². The van der Waals surface area contributed by atoms with Crippen LogP contribution in [0.5, 0.6) is 0 Å². The first-order chi connectivity index (χ1) is 15.0. The highest BCUT2D eigenvalue weighted by Gasteiger charge is 2.33. The molecule has 31 heavy (non-hydrogen) atoms. The van der Waals surface area contributed by atoms with E-state index in [1.54, 1.807) is 6.07 Å². The third-order valence-electron chi connectivity index (χ3n) is 5.58. The van der Waals surface area contributed by atoms with Crippen molar-refractivity contribution in [3.05, 3.63) is 69.3 Å². The van der Waals surface area contributed by atoms with Crippen LogP contribution in [-0.4, -0.2) is 29.7 Å². The molecule has 5 nitrogen and oxygen atoms in total. The fourth-order valence-electron chi connectivity index (χ4n) is 4.12. The van der Waals surface area contributed by atoms with E-state index in [-0.39, 0.29) is 12.1 Å². The van der Waals surface area contributed by atoms with Crippen LogP contribution >= 0.6 is 23.2 Å². The summed E-state index contributed by atoms with van der Waals surface area (Å²) in [6, 6.07) is 13.9. The van der Waals surface area contributed by atoms with Crippen LogP contribution in [0.1, 0.15) is 36.7 Å². The van der Waals surface area contributed by atoms with Crippen molar-refractivity contribution in [2.24, 2.45) is 0 Å². The highest BCUT2D eigenvalue weighted by atomic mass is 35.5. The van der Waals surface area contributed by atoms with Gasteiger partial charge in [0.25, 0.3) is 0 Å². The highest BCUT2D eigenvalue weighted by molar-refractivity contribution is 6.36. The summed E-state index contributed by atoms with van der Waals surface area (Å²) >= 11 is 12.5. The zero-order valence-corrected chi connectivity index (χ0v) is 19.4. The van der Waals surface area contributed by atoms with E-state index < -0.39 is 0 Å². The van der Waals surface area contributed by atoms with Crippen molar-refractivity contribution >= 4 is 34.8 Å². The van der Waals surface area contributed by atoms with E-state index in [1.165, 1.54) is 11.1 Å². The molecule has 162 valence electrons. The molecule has 4 rings (SSSR count). The third kappa shape index (κ3) is 4.36. The molecule has 1 heterocycles. The number of anilines is 2. The van der Waals surface area contributed by atoms with Crippen LogP contribution in [0, 0.1) is 0 Å². The molecule has 1 aliphatic rings. The molecule has 0 spiro atoms. The van der Waals surface area contributed by atoms with E-state index in [1.807, 2.05) is 26.1 Å². The number of rotatable bonds is 7. The van der Waals surface area contributed by atoms with Gasteiger partial charge in [-0.25, -0.2) is 9.97 Å². The number of aromatic nitrogens is 2. The monoisotopic (exact) mass is 456 g/mol. The van der Waals surface area contributed by atoms with Crippen LogP contribution in [-0.2, 0) is 17.6 Å². The number of aryl methyl sites for hydroxylation is 1. The largest absolute Gasteiger partial charge is 0.376 e. The Labute approximate surface area is 193 Å². The summed E-state index contributed by atoms with van der Waals surface area (Å²) in [5, 5.41) is 7.94. The van der Waals surface area contributed by atoms with Gasteiger partial charge in [0.05, 0.1) is 22.9 Å². The molecule has 0 amide bonds. The number of fused-ring (bicyclic) bond motifs is 1. The smallest absolute Gasteiger partial charge is 0.154 e. The molecule has 0 saturated heterocycles. The Balaban J connectivity index is 1.75. The first-order valence-corrected chi connectivity index (χ1v) is 11.3. The fourth-order valence-corrected chi connectivity index (χ4v) is 4.62. The standard InChI is InChI=1S/C24H26Cl2N4O/c1-4-19-23(29-21-16-9-7-6-8-14(16)12-20(21)31-5-2)30-24(27-3)22(28-19)17-11-10-15(25)13-18(17)26/h6-11,13,20-21H,4-5,12H2,1-3H3,(H2,27,29,30)/t20-,21+/m0/s1. The second kappa shape index (κ2) is 9.43. The first kappa shape index (κ1) is 21.9. The van der Waals surface area contributed by atoms with Gasteiger partial charge in [-0.2, -0.15) is 0 Å². The molecule has 0 saturated carbocycles. The van der Waals surface area contributed by atoms with E-state index in [2.05, 4.69) is 41.8 Å². The number of benzene rings is 2. The van der Waals surface area contributed by atoms with Gasteiger partial charge in [0.1, 0.15) is 5.69 Å². The van der Waals surface area contributed by atoms with Crippen molar-refractivity contribution < 1.29 is 4.74 Å². The van der Waals surface area contributed by atoms with Gasteiger partial charge in [-0.3, -0.25) is 0 Å². The minimum absolute atomic E-state index is 0.0189. The second-order valence-corrected chi connectivity index (χ2v) is 8.31. The van der Waals surface area contributed by atoms with E-state index in [4.69, 9.17) is 37.9 Å². The van der Waals surface area contributed by atoms with Gasteiger partial charge in [0, 0.05) is 30.7 Å². The molecule has 7 heteroatoms. The number of nitrogens with one attached hydrogen (secondary N) is 2. The van der Waals surface area contributed by atoms with Crippen LogP contribution in [0.4, 0.5) is 11.6 Å². The van der Waals surface area contributed by atoms with Crippen LogP contribution in [0.2, 0.25) is 10.0 Å². The molecule has 0 aliphatic heterocycles. The van der Waals surface area contributed by atoms with Crippen LogP contribution in [0.3, 0.4) is 0 Å². The molecule has 0 unspecified atom stereocenters. The number of hydrogen-bond donors (Lipinski definition) is 2. The SMILES string of the molecule is CCO[C@H]1Cc2ccccc2[C@H]1Nc1nc(NC)c(-c2ccc(Cl)cc2Cl)nc1CC. The third-order valence-corrected chi connectivity index (χ3v) is 6.13. The number of ether oxygens (including phenoxy) is 1. The Bertz CT molecular complexity index is 1090. The molecule has 2 aromatic carbocycles. The first-order valence-electron chi connectivity index (χ1n) is 10.6. The zero-order chi connectivity index (χ0) is 22.0. The second-order valence-electron chi connectivity index (χ2n) is 7.46. The van der Waals surface area contributed by atoms with Gasteiger partial charge in [-0.05, 0) is 42.7 Å². The predicted octanol–water partition coefficient (Wildman–Crippen LogP) is 6.17. The number of nitrogens with zero attached hydrogens (tertiary/aromatic N) is 2. The van der Waals surface area contributed by atoms with Crippen molar-refractivity contribution in [1.82, 2.24) is 9.97 Å². The van der Waals surface area contributed by atoms with Crippen molar-refractivity contribution in [2.45, 2.75) is 38.8 Å². The minimum Gasteiger partial charge on any atom is -0.376 e. The Morgan fingerprint density at radius 2 is 1.87 bits per heavy atom. The molecule has 0 fully saturated rings. The van der Waals surface area contributed by atoms with Gasteiger partial charge >= 0.3 is 0 Å². The van der Waals surface area contributed by atoms with Crippen LogP contribution in [0.25, 0.3) is 11.3 Å². The highest BCUT2D eigenvalue weighted by Crippen LogP contribution is 2.38. The molecular weight excluding hydrogens is 431 g/mol. The van der Waals surface area contributed by atoms with E-state index in [0.717, 1.165) is 29.9 Å². The molecule has 1 aromatic heterocycles. The van der Waals surface area contributed by atoms with Crippen LogP contribution < -0.4 is 10.6 Å². The molecule has 0 bridgehead atoms. The summed E-state index contributed by atoms with van der Waals surface area (Å²) in [4.78, 5) is 9.84. The molecule has 0 radical (unpaired) electrons. The lowest BCUT2D eigenvalue weighted by molar-refractivity contribution is 0.0573. The number of hydrogen-bond acceptors (Lipinski definition) is 5. The average molecular weight is 457 g/mol. The summed E-state index contributed by atoms with van der Waals surface area (Å²) in [7, 11) is 1.83. The topological polar surface area (TPSA) is 59.1 Å². The summed E-state index contributed by atoms with van der Waals surface area (Å²) in [6.07, 6.45) is 1.66. The maximum Gasteiger partial charge on any atom is 0.154 e. The molecule has 3 aromatic rings. The quantitative estimate of drug-likeness (QED) is 0.445. The van der Waals surface area contributed by atoms with Gasteiger partial charge in [0.15, 0.2) is 11.6 Å². The maximum absolute atomic E-state index is 6.46. The Hall–Kier alpha value is -2.34. The molecule has 2 atom stereocenters. The minimum atomic E-state index is 0.0189. The van der Waals surface area contributed by atoms with Gasteiger partial charge in [0.2, 0.25) is 0 Å². The maximum atomic E-state index is 6.46. The summed E-state index contributed by atoms with van der Waals surface area (Å²) in [5.41, 5.74) is 4.94. The van der Waals surface area contributed by atoms with Gasteiger partial charge in [-0.1, -0.05) is 54.4 Å². The Morgan fingerprint density at radius 3 is 2.58 bits per heavy atom. The fraction of sp³-hybridized carbons (Fsp3) is 0.333. The summed E-state index contributed by atoms with van der Waals surface area (Å²) in [6.45, 7) is 4.77. The lowest BCUT2D eigenvalue weighted by atomic mass is 10.1. The normalized spacial score (nSPS) is 17.5. The summed E-state index contributed by atoms with van der Waals surface area (Å²) in [5.74, 6) is 1.41. The lowest BCUT2D eigenvalue weighted by Gasteiger charge is -2.24.